The topological polar surface area (TPSA) is 66.5 Å². The van der Waals surface area contributed by atoms with Crippen molar-refractivity contribution >= 4 is 11.8 Å². The number of anilines is 1. The van der Waals surface area contributed by atoms with Crippen molar-refractivity contribution in [1.29, 1.82) is 0 Å². The van der Waals surface area contributed by atoms with Gasteiger partial charge in [0.2, 0.25) is 0 Å². The maximum Gasteiger partial charge on any atom is 0.189 e. The number of hydrogen-bond acceptors (Lipinski definition) is 3. The third-order valence-electron chi connectivity index (χ3n) is 3.74. The normalized spacial score (nSPS) is 16.2. The van der Waals surface area contributed by atoms with E-state index in [2.05, 4.69) is 32.8 Å². The highest BCUT2D eigenvalue weighted by atomic mass is 15.2. The Kier molecular flexibility index (Phi) is 6.25. The molecule has 0 radical (unpaired) electrons. The zero-order valence-corrected chi connectivity index (χ0v) is 13.5. The van der Waals surface area contributed by atoms with Crippen LogP contribution in [0.5, 0.6) is 0 Å². The average molecular weight is 301 g/mol. The fraction of sp³-hybridized carbons (Fsp3) is 0.529. The molecule has 0 bridgehead atoms. The first-order valence-corrected chi connectivity index (χ1v) is 8.03. The second kappa shape index (κ2) is 8.41. The maximum atomic E-state index is 5.84. The van der Waals surface area contributed by atoms with Crippen LogP contribution in [0.3, 0.4) is 0 Å². The van der Waals surface area contributed by atoms with Crippen LogP contribution >= 0.6 is 0 Å². The van der Waals surface area contributed by atoms with E-state index >= 15 is 0 Å². The second-order valence-electron chi connectivity index (χ2n) is 5.94. The Morgan fingerprint density at radius 1 is 1.36 bits per heavy atom. The highest BCUT2D eigenvalue weighted by molar-refractivity contribution is 5.78. The summed E-state index contributed by atoms with van der Waals surface area (Å²) in [7, 11) is 0. The number of pyridine rings is 1. The predicted octanol–water partition coefficient (Wildman–Crippen LogP) is 2.44. The van der Waals surface area contributed by atoms with Crippen molar-refractivity contribution in [3.05, 3.63) is 36.0 Å². The smallest absolute Gasteiger partial charge is 0.189 e. The van der Waals surface area contributed by atoms with Gasteiger partial charge in [-0.3, -0.25) is 0 Å². The molecule has 1 fully saturated rings. The quantitative estimate of drug-likeness (QED) is 0.498. The number of hydrogen-bond donors (Lipinski definition) is 2. The van der Waals surface area contributed by atoms with Crippen molar-refractivity contribution in [1.82, 2.24) is 10.3 Å². The third-order valence-corrected chi connectivity index (χ3v) is 3.74. The van der Waals surface area contributed by atoms with Crippen molar-refractivity contribution in [3.8, 4) is 0 Å². The fourth-order valence-electron chi connectivity index (χ4n) is 2.51. The van der Waals surface area contributed by atoms with Crippen LogP contribution in [0.25, 0.3) is 0 Å². The van der Waals surface area contributed by atoms with E-state index in [0.717, 1.165) is 30.0 Å². The molecule has 0 aliphatic carbocycles. The van der Waals surface area contributed by atoms with Crippen LogP contribution in [0.2, 0.25) is 0 Å². The first kappa shape index (κ1) is 16.3. The molecule has 2 rings (SSSR count). The molecule has 0 saturated carbocycles. The van der Waals surface area contributed by atoms with Gasteiger partial charge in [-0.15, -0.1) is 0 Å². The molecule has 1 aromatic heterocycles. The summed E-state index contributed by atoms with van der Waals surface area (Å²) in [4.78, 5) is 11.3. The van der Waals surface area contributed by atoms with Gasteiger partial charge in [-0.1, -0.05) is 25.0 Å². The molecule has 120 valence electrons. The number of rotatable bonds is 5. The van der Waals surface area contributed by atoms with E-state index in [4.69, 9.17) is 5.73 Å². The molecule has 0 atom stereocenters. The van der Waals surface area contributed by atoms with Gasteiger partial charge in [0.15, 0.2) is 5.96 Å². The van der Waals surface area contributed by atoms with Crippen molar-refractivity contribution < 1.29 is 0 Å². The Morgan fingerprint density at radius 2 is 2.09 bits per heavy atom. The van der Waals surface area contributed by atoms with Crippen LogP contribution in [0.4, 0.5) is 5.82 Å². The number of nitrogens with two attached hydrogens (primary N) is 1. The van der Waals surface area contributed by atoms with Gasteiger partial charge < -0.3 is 16.0 Å². The zero-order chi connectivity index (χ0) is 15.8. The lowest BCUT2D eigenvalue weighted by atomic mass is 10.2. The van der Waals surface area contributed by atoms with Crippen LogP contribution in [0.15, 0.2) is 35.5 Å². The van der Waals surface area contributed by atoms with Crippen LogP contribution in [0, 0.1) is 0 Å². The lowest BCUT2D eigenvalue weighted by Gasteiger charge is -2.21. The van der Waals surface area contributed by atoms with E-state index in [1.165, 1.54) is 25.7 Å². The SMILES string of the molecule is C=C(C)CNC(N)=NCc1ccnc(N2CCCCCC2)c1. The molecule has 5 heteroatoms. The molecule has 0 aromatic carbocycles. The molecule has 0 spiro atoms. The molecule has 0 unspecified atom stereocenters. The summed E-state index contributed by atoms with van der Waals surface area (Å²) in [5, 5.41) is 3.04. The van der Waals surface area contributed by atoms with Gasteiger partial charge in [-0.2, -0.15) is 0 Å². The van der Waals surface area contributed by atoms with Gasteiger partial charge >= 0.3 is 0 Å². The average Bonchev–Trinajstić information content (AvgIpc) is 2.80. The molecule has 22 heavy (non-hydrogen) atoms. The summed E-state index contributed by atoms with van der Waals surface area (Å²) in [6, 6.07) is 4.12. The van der Waals surface area contributed by atoms with Gasteiger partial charge in [-0.05, 0) is 37.5 Å². The number of nitrogens with zero attached hydrogens (tertiary/aromatic N) is 3. The molecular formula is C17H27N5. The first-order valence-electron chi connectivity index (χ1n) is 8.03. The molecular weight excluding hydrogens is 274 g/mol. The standard InChI is InChI=1S/C17H27N5/c1-14(2)12-20-17(18)21-13-15-7-8-19-16(11-15)22-9-5-3-4-6-10-22/h7-8,11H,1,3-6,9-10,12-13H2,2H3,(H3,18,20,21). The van der Waals surface area contributed by atoms with Crippen LogP contribution in [0.1, 0.15) is 38.2 Å². The van der Waals surface area contributed by atoms with Gasteiger partial charge in [0.1, 0.15) is 5.82 Å². The fourth-order valence-corrected chi connectivity index (χ4v) is 2.51. The summed E-state index contributed by atoms with van der Waals surface area (Å²) in [5.41, 5.74) is 8.01. The summed E-state index contributed by atoms with van der Waals surface area (Å²) in [6.45, 7) is 9.21. The van der Waals surface area contributed by atoms with E-state index in [0.29, 0.717) is 19.0 Å². The highest BCUT2D eigenvalue weighted by Crippen LogP contribution is 2.18. The molecule has 1 aromatic rings. The Balaban J connectivity index is 1.95. The van der Waals surface area contributed by atoms with E-state index in [1.807, 2.05) is 19.2 Å². The Hall–Kier alpha value is -2.04. The molecule has 3 N–H and O–H groups in total. The van der Waals surface area contributed by atoms with Gasteiger partial charge in [0.25, 0.3) is 0 Å². The van der Waals surface area contributed by atoms with Crippen molar-refractivity contribution in [2.75, 3.05) is 24.5 Å². The van der Waals surface area contributed by atoms with E-state index < -0.39 is 0 Å². The molecule has 1 saturated heterocycles. The van der Waals surface area contributed by atoms with E-state index in [-0.39, 0.29) is 0 Å². The number of aliphatic imine (C=N–C) groups is 1. The predicted molar refractivity (Wildman–Crippen MR) is 93.1 cm³/mol. The number of guanidine groups is 1. The molecule has 0 amide bonds. The van der Waals surface area contributed by atoms with Crippen molar-refractivity contribution in [3.63, 3.8) is 0 Å². The summed E-state index contributed by atoms with van der Waals surface area (Å²) >= 11 is 0. The summed E-state index contributed by atoms with van der Waals surface area (Å²) in [6.07, 6.45) is 7.02. The molecule has 1 aliphatic heterocycles. The summed E-state index contributed by atoms with van der Waals surface area (Å²) < 4.78 is 0. The van der Waals surface area contributed by atoms with Gasteiger partial charge in [0, 0.05) is 25.8 Å². The third kappa shape index (κ3) is 5.39. The van der Waals surface area contributed by atoms with E-state index in [1.54, 1.807) is 0 Å². The number of nitrogens with one attached hydrogen (secondary N) is 1. The highest BCUT2D eigenvalue weighted by Gasteiger charge is 2.11. The van der Waals surface area contributed by atoms with Crippen LogP contribution < -0.4 is 16.0 Å². The maximum absolute atomic E-state index is 5.84. The van der Waals surface area contributed by atoms with Gasteiger partial charge in [-0.25, -0.2) is 9.98 Å². The van der Waals surface area contributed by atoms with Crippen LogP contribution in [-0.4, -0.2) is 30.6 Å². The number of aromatic nitrogens is 1. The minimum atomic E-state index is 0.455. The Morgan fingerprint density at radius 3 is 2.77 bits per heavy atom. The first-order chi connectivity index (χ1) is 10.6. The van der Waals surface area contributed by atoms with Crippen LogP contribution in [-0.2, 0) is 6.54 Å². The van der Waals surface area contributed by atoms with E-state index in [9.17, 15) is 0 Å². The molecule has 5 nitrogen and oxygen atoms in total. The molecule has 1 aliphatic rings. The Labute approximate surface area is 133 Å². The minimum absolute atomic E-state index is 0.455. The zero-order valence-electron chi connectivity index (χ0n) is 13.5. The monoisotopic (exact) mass is 301 g/mol. The lowest BCUT2D eigenvalue weighted by molar-refractivity contribution is 0.726. The second-order valence-corrected chi connectivity index (χ2v) is 5.94. The van der Waals surface area contributed by atoms with Crippen molar-refractivity contribution in [2.24, 2.45) is 10.7 Å². The van der Waals surface area contributed by atoms with Gasteiger partial charge in [0.05, 0.1) is 6.54 Å². The lowest BCUT2D eigenvalue weighted by Crippen LogP contribution is -2.32. The minimum Gasteiger partial charge on any atom is -0.370 e. The summed E-state index contributed by atoms with van der Waals surface area (Å²) in [5.74, 6) is 1.51. The molecule has 2 heterocycles. The Bertz CT molecular complexity index is 516. The van der Waals surface area contributed by atoms with Crippen molar-refractivity contribution in [2.45, 2.75) is 39.2 Å². The largest absolute Gasteiger partial charge is 0.370 e.